The molecule has 0 saturated heterocycles. The molecule has 0 bridgehead atoms. The van der Waals surface area contributed by atoms with Crippen LogP contribution in [0.5, 0.6) is 0 Å². The summed E-state index contributed by atoms with van der Waals surface area (Å²) in [7, 11) is 0. The number of carbonyl (C=O) groups is 4. The lowest BCUT2D eigenvalue weighted by Crippen LogP contribution is -2.33. The van der Waals surface area contributed by atoms with Crippen molar-refractivity contribution in [1.29, 1.82) is 0 Å². The van der Waals surface area contributed by atoms with E-state index in [4.69, 9.17) is 4.84 Å². The number of rotatable bonds is 3. The number of carbonyl (C=O) groups excluding carboxylic acids is 4. The van der Waals surface area contributed by atoms with Crippen molar-refractivity contribution in [3.05, 3.63) is 70.8 Å². The molecule has 0 aromatic heterocycles. The van der Waals surface area contributed by atoms with Gasteiger partial charge in [-0.3, -0.25) is 14.4 Å². The highest BCUT2D eigenvalue weighted by molar-refractivity contribution is 6.21. The van der Waals surface area contributed by atoms with Crippen molar-refractivity contribution in [2.75, 3.05) is 0 Å². The number of benzene rings is 2. The average molecular weight is 309 g/mol. The van der Waals surface area contributed by atoms with Crippen LogP contribution < -0.4 is 0 Å². The molecule has 0 spiro atoms. The maximum Gasteiger partial charge on any atom is 0.364 e. The van der Waals surface area contributed by atoms with E-state index in [2.05, 4.69) is 0 Å². The molecule has 1 heterocycles. The lowest BCUT2D eigenvalue weighted by atomic mass is 10.1. The quantitative estimate of drug-likeness (QED) is 0.641. The molecule has 3 rings (SSSR count). The van der Waals surface area contributed by atoms with Gasteiger partial charge in [-0.2, -0.15) is 0 Å². The summed E-state index contributed by atoms with van der Waals surface area (Å²) < 4.78 is 0. The predicted octanol–water partition coefficient (Wildman–Crippen LogP) is 2.26. The summed E-state index contributed by atoms with van der Waals surface area (Å²) in [6.45, 7) is 1.31. The molecule has 6 heteroatoms. The summed E-state index contributed by atoms with van der Waals surface area (Å²) >= 11 is 0. The molecular weight excluding hydrogens is 298 g/mol. The van der Waals surface area contributed by atoms with Crippen LogP contribution in [0.25, 0.3) is 0 Å². The first-order valence-corrected chi connectivity index (χ1v) is 6.81. The highest BCUT2D eigenvalue weighted by atomic mass is 16.7. The van der Waals surface area contributed by atoms with Crippen LogP contribution in [-0.4, -0.2) is 28.6 Å². The summed E-state index contributed by atoms with van der Waals surface area (Å²) in [5.41, 5.74) is 0.501. The van der Waals surface area contributed by atoms with Crippen LogP contribution in [0, 0.1) is 0 Å². The second kappa shape index (κ2) is 5.49. The van der Waals surface area contributed by atoms with Gasteiger partial charge in [-0.25, -0.2) is 4.79 Å². The van der Waals surface area contributed by atoms with Gasteiger partial charge >= 0.3 is 5.97 Å². The summed E-state index contributed by atoms with van der Waals surface area (Å²) in [5, 5.41) is 0.421. The van der Waals surface area contributed by atoms with E-state index in [1.54, 1.807) is 24.3 Å². The molecule has 1 aliphatic rings. The van der Waals surface area contributed by atoms with E-state index in [0.717, 1.165) is 0 Å². The molecular formula is C17H11NO5. The molecule has 114 valence electrons. The van der Waals surface area contributed by atoms with Gasteiger partial charge < -0.3 is 4.84 Å². The van der Waals surface area contributed by atoms with E-state index in [-0.39, 0.29) is 28.0 Å². The summed E-state index contributed by atoms with van der Waals surface area (Å²) in [5.74, 6) is -2.68. The standard InChI is InChI=1S/C17H11NO5/c1-10(19)11-6-2-5-9-14(11)17(22)23-18-15(20)12-7-3-4-8-13(12)16(18)21/h2-9H,1H3. The van der Waals surface area contributed by atoms with Crippen LogP contribution in [0.15, 0.2) is 48.5 Å². The van der Waals surface area contributed by atoms with Crippen LogP contribution >= 0.6 is 0 Å². The zero-order valence-corrected chi connectivity index (χ0v) is 12.1. The minimum Gasteiger partial charge on any atom is -0.324 e. The third-order valence-corrected chi connectivity index (χ3v) is 3.46. The van der Waals surface area contributed by atoms with Gasteiger partial charge in [0, 0.05) is 5.56 Å². The molecule has 0 atom stereocenters. The third-order valence-electron chi connectivity index (χ3n) is 3.46. The summed E-state index contributed by atoms with van der Waals surface area (Å²) in [6.07, 6.45) is 0. The van der Waals surface area contributed by atoms with Crippen LogP contribution in [0.1, 0.15) is 48.4 Å². The molecule has 0 N–H and O–H groups in total. The molecule has 0 saturated carbocycles. The Hall–Kier alpha value is -3.28. The SMILES string of the molecule is CC(=O)c1ccccc1C(=O)ON1C(=O)c2ccccc2C1=O. The fraction of sp³-hybridized carbons (Fsp3) is 0.0588. The first kappa shape index (κ1) is 14.6. The van der Waals surface area contributed by atoms with Gasteiger partial charge in [-0.05, 0) is 25.1 Å². The average Bonchev–Trinajstić information content (AvgIpc) is 2.80. The Bertz CT molecular complexity index is 821. The number of imide groups is 1. The number of fused-ring (bicyclic) bond motifs is 1. The lowest BCUT2D eigenvalue weighted by Gasteiger charge is -2.13. The Labute approximate surface area is 131 Å². The third kappa shape index (κ3) is 2.40. The molecule has 6 nitrogen and oxygen atoms in total. The molecule has 0 aliphatic carbocycles. The minimum atomic E-state index is -0.940. The van der Waals surface area contributed by atoms with Crippen molar-refractivity contribution in [3.8, 4) is 0 Å². The number of hydrogen-bond acceptors (Lipinski definition) is 5. The molecule has 0 unspecified atom stereocenters. The molecule has 23 heavy (non-hydrogen) atoms. The zero-order valence-electron chi connectivity index (χ0n) is 12.1. The van der Waals surface area contributed by atoms with Crippen molar-refractivity contribution in [3.63, 3.8) is 0 Å². The van der Waals surface area contributed by atoms with Crippen molar-refractivity contribution in [2.45, 2.75) is 6.92 Å². The van der Waals surface area contributed by atoms with Crippen molar-refractivity contribution >= 4 is 23.6 Å². The first-order chi connectivity index (χ1) is 11.0. The highest BCUT2D eigenvalue weighted by Crippen LogP contribution is 2.23. The Kier molecular flexibility index (Phi) is 3.50. The number of ketones is 1. The monoisotopic (exact) mass is 309 g/mol. The highest BCUT2D eigenvalue weighted by Gasteiger charge is 2.39. The number of amides is 2. The van der Waals surface area contributed by atoms with Gasteiger partial charge in [0.05, 0.1) is 16.7 Å². The fourth-order valence-corrected chi connectivity index (χ4v) is 2.35. The van der Waals surface area contributed by atoms with Gasteiger partial charge in [-0.15, -0.1) is 0 Å². The van der Waals surface area contributed by atoms with Gasteiger partial charge in [0.15, 0.2) is 5.78 Å². The Morgan fingerprint density at radius 3 is 1.83 bits per heavy atom. The van der Waals surface area contributed by atoms with E-state index in [1.165, 1.54) is 31.2 Å². The number of Topliss-reactive ketones (excluding diaryl/α,β-unsaturated/α-hetero) is 1. The van der Waals surface area contributed by atoms with Gasteiger partial charge in [0.2, 0.25) is 0 Å². The van der Waals surface area contributed by atoms with E-state index in [9.17, 15) is 19.2 Å². The maximum absolute atomic E-state index is 12.2. The van der Waals surface area contributed by atoms with E-state index in [1.807, 2.05) is 0 Å². The largest absolute Gasteiger partial charge is 0.364 e. The van der Waals surface area contributed by atoms with Crippen molar-refractivity contribution in [2.24, 2.45) is 0 Å². The summed E-state index contributed by atoms with van der Waals surface area (Å²) in [6, 6.07) is 12.2. The molecule has 0 radical (unpaired) electrons. The van der Waals surface area contributed by atoms with Gasteiger partial charge in [-0.1, -0.05) is 35.4 Å². The normalized spacial score (nSPS) is 13.0. The molecule has 2 amide bonds. The molecule has 0 fully saturated rings. The Morgan fingerprint density at radius 2 is 1.30 bits per heavy atom. The van der Waals surface area contributed by atoms with Crippen LogP contribution in [0.4, 0.5) is 0 Å². The number of nitrogens with zero attached hydrogens (tertiary/aromatic N) is 1. The van der Waals surface area contributed by atoms with E-state index >= 15 is 0 Å². The number of hydrogen-bond donors (Lipinski definition) is 0. The second-order valence-corrected chi connectivity index (χ2v) is 4.93. The smallest absolute Gasteiger partial charge is 0.324 e. The first-order valence-electron chi connectivity index (χ1n) is 6.81. The van der Waals surface area contributed by atoms with Crippen LogP contribution in [0.3, 0.4) is 0 Å². The topological polar surface area (TPSA) is 80.8 Å². The Morgan fingerprint density at radius 1 is 0.826 bits per heavy atom. The number of hydroxylamine groups is 2. The predicted molar refractivity (Wildman–Crippen MR) is 78.8 cm³/mol. The zero-order chi connectivity index (χ0) is 16.6. The lowest BCUT2D eigenvalue weighted by molar-refractivity contribution is -0.0584. The van der Waals surface area contributed by atoms with Gasteiger partial charge in [0.1, 0.15) is 0 Å². The molecule has 1 aliphatic heterocycles. The Balaban J connectivity index is 1.90. The van der Waals surface area contributed by atoms with Crippen molar-refractivity contribution < 1.29 is 24.0 Å². The van der Waals surface area contributed by atoms with Crippen LogP contribution in [0.2, 0.25) is 0 Å². The van der Waals surface area contributed by atoms with Gasteiger partial charge in [0.25, 0.3) is 11.8 Å². The molecule has 2 aromatic carbocycles. The maximum atomic E-state index is 12.2. The van der Waals surface area contributed by atoms with E-state index in [0.29, 0.717) is 5.06 Å². The fourth-order valence-electron chi connectivity index (χ4n) is 2.35. The van der Waals surface area contributed by atoms with Crippen LogP contribution in [-0.2, 0) is 4.84 Å². The minimum absolute atomic E-state index is 0.00319. The van der Waals surface area contributed by atoms with Crippen molar-refractivity contribution in [1.82, 2.24) is 5.06 Å². The summed E-state index contributed by atoms with van der Waals surface area (Å²) in [4.78, 5) is 53.1. The van der Waals surface area contributed by atoms with E-state index < -0.39 is 17.8 Å². The molecule has 2 aromatic rings. The second-order valence-electron chi connectivity index (χ2n) is 4.93.